The molecule has 0 aromatic heterocycles. The van der Waals surface area contributed by atoms with Crippen molar-refractivity contribution in [2.75, 3.05) is 19.6 Å². The fourth-order valence-corrected chi connectivity index (χ4v) is 3.34. The van der Waals surface area contributed by atoms with Gasteiger partial charge in [-0.05, 0) is 37.4 Å². The van der Waals surface area contributed by atoms with E-state index in [1.807, 2.05) is 0 Å². The molecule has 2 aliphatic heterocycles. The summed E-state index contributed by atoms with van der Waals surface area (Å²) >= 11 is 5.96. The fourth-order valence-electron chi connectivity index (χ4n) is 3.09. The van der Waals surface area contributed by atoms with E-state index in [2.05, 4.69) is 5.32 Å². The van der Waals surface area contributed by atoms with E-state index >= 15 is 0 Å². The second-order valence-corrected chi connectivity index (χ2v) is 5.65. The Bertz CT molecular complexity index is 488. The number of likely N-dealkylation sites (tertiary alicyclic amines) is 1. The van der Waals surface area contributed by atoms with Gasteiger partial charge in [0, 0.05) is 19.1 Å². The maximum Gasteiger partial charge on any atom is 0.258 e. The minimum atomic E-state index is -0.538. The van der Waals surface area contributed by atoms with Crippen LogP contribution in [-0.2, 0) is 0 Å². The highest BCUT2D eigenvalue weighted by atomic mass is 35.5. The van der Waals surface area contributed by atoms with E-state index in [9.17, 15) is 9.18 Å². The van der Waals surface area contributed by atoms with E-state index < -0.39 is 5.82 Å². The summed E-state index contributed by atoms with van der Waals surface area (Å²) in [5, 5.41) is 3.63. The van der Waals surface area contributed by atoms with Gasteiger partial charge in [-0.25, -0.2) is 4.39 Å². The zero-order valence-corrected chi connectivity index (χ0v) is 11.3. The van der Waals surface area contributed by atoms with Crippen molar-refractivity contribution in [1.29, 1.82) is 0 Å². The number of rotatable bonds is 1. The van der Waals surface area contributed by atoms with Crippen molar-refractivity contribution >= 4 is 17.5 Å². The number of piperidine rings is 1. The third-order valence-electron chi connectivity index (χ3n) is 4.12. The third kappa shape index (κ3) is 2.35. The second kappa shape index (κ2) is 5.10. The van der Waals surface area contributed by atoms with Crippen LogP contribution in [0.15, 0.2) is 18.2 Å². The third-order valence-corrected chi connectivity index (χ3v) is 4.43. The molecule has 3 nitrogen and oxygen atoms in total. The number of nitrogens with one attached hydrogen (secondary N) is 1. The van der Waals surface area contributed by atoms with E-state index in [4.69, 9.17) is 11.6 Å². The van der Waals surface area contributed by atoms with Crippen LogP contribution in [0.5, 0.6) is 0 Å². The number of nitrogens with zero attached hydrogens (tertiary/aromatic N) is 1. The van der Waals surface area contributed by atoms with Gasteiger partial charge in [0.25, 0.3) is 5.91 Å². The van der Waals surface area contributed by atoms with E-state index in [1.54, 1.807) is 11.0 Å². The van der Waals surface area contributed by atoms with Crippen molar-refractivity contribution in [2.45, 2.75) is 18.9 Å². The Morgan fingerprint density at radius 1 is 1.42 bits per heavy atom. The zero-order chi connectivity index (χ0) is 13.4. The smallest absolute Gasteiger partial charge is 0.258 e. The minimum absolute atomic E-state index is 0.00794. The highest BCUT2D eigenvalue weighted by Gasteiger charge is 2.35. The summed E-state index contributed by atoms with van der Waals surface area (Å²) in [6, 6.07) is 4.87. The van der Waals surface area contributed by atoms with Gasteiger partial charge in [0.1, 0.15) is 5.82 Å². The van der Waals surface area contributed by atoms with E-state index in [0.29, 0.717) is 25.0 Å². The molecule has 0 spiro atoms. The van der Waals surface area contributed by atoms with Crippen LogP contribution in [0.3, 0.4) is 0 Å². The van der Waals surface area contributed by atoms with Gasteiger partial charge in [-0.15, -0.1) is 0 Å². The lowest BCUT2D eigenvalue weighted by Gasteiger charge is -2.35. The van der Waals surface area contributed by atoms with Crippen LogP contribution in [0, 0.1) is 11.7 Å². The molecule has 5 heteroatoms. The number of halogens is 2. The number of fused-ring (bicyclic) bond motifs is 1. The molecule has 0 saturated carbocycles. The number of carbonyl (C=O) groups is 1. The molecule has 3 rings (SSSR count). The summed E-state index contributed by atoms with van der Waals surface area (Å²) in [5.41, 5.74) is 0.00794. The summed E-state index contributed by atoms with van der Waals surface area (Å²) in [6.45, 7) is 2.37. The molecule has 1 aromatic carbocycles. The molecule has 19 heavy (non-hydrogen) atoms. The number of benzene rings is 1. The number of amides is 1. The van der Waals surface area contributed by atoms with Crippen LogP contribution in [0.4, 0.5) is 4.39 Å². The van der Waals surface area contributed by atoms with Crippen molar-refractivity contribution in [2.24, 2.45) is 5.92 Å². The first-order chi connectivity index (χ1) is 9.16. The monoisotopic (exact) mass is 282 g/mol. The second-order valence-electron chi connectivity index (χ2n) is 5.25. The summed E-state index contributed by atoms with van der Waals surface area (Å²) in [4.78, 5) is 14.1. The lowest BCUT2D eigenvalue weighted by molar-refractivity contribution is 0.0657. The van der Waals surface area contributed by atoms with Gasteiger partial charge in [-0.1, -0.05) is 17.7 Å². The summed E-state index contributed by atoms with van der Waals surface area (Å²) < 4.78 is 13.8. The van der Waals surface area contributed by atoms with Crippen LogP contribution >= 0.6 is 11.6 Å². The van der Waals surface area contributed by atoms with Crippen LogP contribution in [-0.4, -0.2) is 36.5 Å². The first-order valence-corrected chi connectivity index (χ1v) is 7.01. The average molecular weight is 283 g/mol. The Morgan fingerprint density at radius 3 is 3.05 bits per heavy atom. The highest BCUT2D eigenvalue weighted by Crippen LogP contribution is 2.27. The molecular formula is C14H16ClFN2O. The largest absolute Gasteiger partial charge is 0.338 e. The van der Waals surface area contributed by atoms with E-state index in [0.717, 1.165) is 19.4 Å². The molecule has 1 N–H and O–H groups in total. The van der Waals surface area contributed by atoms with Crippen molar-refractivity contribution in [3.8, 4) is 0 Å². The molecule has 2 atom stereocenters. The Hall–Kier alpha value is -1.13. The SMILES string of the molecule is O=C(c1c(F)cccc1Cl)N1CCC2NCCC2C1. The maximum atomic E-state index is 13.8. The first kappa shape index (κ1) is 12.9. The van der Waals surface area contributed by atoms with E-state index in [1.165, 1.54) is 12.1 Å². The van der Waals surface area contributed by atoms with Crippen molar-refractivity contribution < 1.29 is 9.18 Å². The molecule has 2 saturated heterocycles. The molecule has 1 aromatic rings. The van der Waals surface area contributed by atoms with Crippen molar-refractivity contribution in [3.05, 3.63) is 34.6 Å². The van der Waals surface area contributed by atoms with Crippen LogP contribution in [0.2, 0.25) is 5.02 Å². The molecule has 2 heterocycles. The molecule has 1 amide bonds. The number of hydrogen-bond acceptors (Lipinski definition) is 2. The normalized spacial score (nSPS) is 26.3. The van der Waals surface area contributed by atoms with Gasteiger partial charge >= 0.3 is 0 Å². The quantitative estimate of drug-likeness (QED) is 0.857. The van der Waals surface area contributed by atoms with Crippen LogP contribution in [0.25, 0.3) is 0 Å². The first-order valence-electron chi connectivity index (χ1n) is 6.63. The van der Waals surface area contributed by atoms with Gasteiger partial charge in [0.05, 0.1) is 10.6 Å². The lowest BCUT2D eigenvalue weighted by atomic mass is 9.93. The average Bonchev–Trinajstić information content (AvgIpc) is 2.85. The van der Waals surface area contributed by atoms with Gasteiger partial charge in [0.15, 0.2) is 0 Å². The lowest BCUT2D eigenvalue weighted by Crippen LogP contribution is -2.47. The Labute approximate surface area is 116 Å². The number of carbonyl (C=O) groups excluding carboxylic acids is 1. The van der Waals surface area contributed by atoms with Crippen LogP contribution in [0.1, 0.15) is 23.2 Å². The van der Waals surface area contributed by atoms with Crippen molar-refractivity contribution in [1.82, 2.24) is 10.2 Å². The molecule has 2 unspecified atom stereocenters. The fraction of sp³-hybridized carbons (Fsp3) is 0.500. The van der Waals surface area contributed by atoms with Gasteiger partial charge in [-0.2, -0.15) is 0 Å². The molecule has 0 radical (unpaired) electrons. The topological polar surface area (TPSA) is 32.3 Å². The number of hydrogen-bond donors (Lipinski definition) is 1. The zero-order valence-electron chi connectivity index (χ0n) is 10.5. The summed E-state index contributed by atoms with van der Waals surface area (Å²) in [6.07, 6.45) is 2.02. The van der Waals surface area contributed by atoms with Crippen LogP contribution < -0.4 is 5.32 Å². The van der Waals surface area contributed by atoms with Gasteiger partial charge < -0.3 is 10.2 Å². The standard InChI is InChI=1S/C14H16ClFN2O/c15-10-2-1-3-11(16)13(10)14(19)18-7-5-12-9(8-18)4-6-17-12/h1-3,9,12,17H,4-8H2. The van der Waals surface area contributed by atoms with E-state index in [-0.39, 0.29) is 16.5 Å². The summed E-state index contributed by atoms with van der Waals surface area (Å²) in [7, 11) is 0. The maximum absolute atomic E-state index is 13.8. The molecule has 102 valence electrons. The van der Waals surface area contributed by atoms with Gasteiger partial charge in [-0.3, -0.25) is 4.79 Å². The molecule has 0 bridgehead atoms. The highest BCUT2D eigenvalue weighted by molar-refractivity contribution is 6.33. The van der Waals surface area contributed by atoms with Gasteiger partial charge in [0.2, 0.25) is 0 Å². The Kier molecular flexibility index (Phi) is 3.46. The molecular weight excluding hydrogens is 267 g/mol. The predicted octanol–water partition coefficient (Wildman–Crippen LogP) is 2.30. The molecule has 2 fully saturated rings. The summed E-state index contributed by atoms with van der Waals surface area (Å²) in [5.74, 6) is -0.333. The Morgan fingerprint density at radius 2 is 2.26 bits per heavy atom. The van der Waals surface area contributed by atoms with Crippen molar-refractivity contribution in [3.63, 3.8) is 0 Å². The molecule has 2 aliphatic rings. The minimum Gasteiger partial charge on any atom is -0.338 e. The Balaban J connectivity index is 1.81. The predicted molar refractivity (Wildman–Crippen MR) is 71.8 cm³/mol. The molecule has 0 aliphatic carbocycles.